The molecule has 1 heterocycles. The number of thiazole rings is 1. The number of hydrogen-bond acceptors (Lipinski definition) is 7. The van der Waals surface area contributed by atoms with Gasteiger partial charge in [0.25, 0.3) is 0 Å². The Morgan fingerprint density at radius 3 is 2.63 bits per heavy atom. The van der Waals surface area contributed by atoms with Crippen molar-refractivity contribution in [3.8, 4) is 0 Å². The van der Waals surface area contributed by atoms with Crippen LogP contribution in [0.4, 0.5) is 9.52 Å². The molecule has 158 valence electrons. The molecule has 0 aliphatic carbocycles. The van der Waals surface area contributed by atoms with Crippen LogP contribution in [0.5, 0.6) is 0 Å². The molecule has 9 heteroatoms. The van der Waals surface area contributed by atoms with E-state index >= 15 is 0 Å². The van der Waals surface area contributed by atoms with Crippen molar-refractivity contribution >= 4 is 57.3 Å². The Kier molecular flexibility index (Phi) is 8.08. The molecule has 30 heavy (non-hydrogen) atoms. The zero-order chi connectivity index (χ0) is 22.4. The predicted octanol–water partition coefficient (Wildman–Crippen LogP) is 5.38. The zero-order valence-electron chi connectivity index (χ0n) is 17.1. The second-order valence-electron chi connectivity index (χ2n) is 6.69. The molecule has 0 aliphatic heterocycles. The number of carbonyl (C=O) groups is 1. The molecule has 0 fully saturated rings. The van der Waals surface area contributed by atoms with Crippen LogP contribution in [0.3, 0.4) is 0 Å². The largest absolute Gasteiger partial charge is 0.476 e. The van der Waals surface area contributed by atoms with Gasteiger partial charge in [0.05, 0.1) is 9.90 Å². The number of hydrogen-bond donors (Lipinski definition) is 3. The van der Waals surface area contributed by atoms with Crippen LogP contribution in [0.2, 0.25) is 0 Å². The van der Waals surface area contributed by atoms with E-state index in [9.17, 15) is 14.3 Å². The van der Waals surface area contributed by atoms with Gasteiger partial charge in [0, 0.05) is 22.2 Å². The Hall–Kier alpha value is -2.78. The van der Waals surface area contributed by atoms with Crippen molar-refractivity contribution in [2.24, 2.45) is 10.7 Å². The summed E-state index contributed by atoms with van der Waals surface area (Å²) in [6.45, 7) is 7.27. The van der Waals surface area contributed by atoms with E-state index in [-0.39, 0.29) is 27.4 Å². The van der Waals surface area contributed by atoms with E-state index < -0.39 is 11.8 Å². The fourth-order valence-corrected chi connectivity index (χ4v) is 4.78. The highest BCUT2D eigenvalue weighted by Gasteiger charge is 2.22. The van der Waals surface area contributed by atoms with Gasteiger partial charge >= 0.3 is 5.97 Å². The maximum absolute atomic E-state index is 13.7. The first-order valence-corrected chi connectivity index (χ1v) is 10.7. The number of carboxylic acid groups (broad SMARTS) is 1. The molecule has 0 radical (unpaired) electrons. The van der Waals surface area contributed by atoms with Gasteiger partial charge in [-0.2, -0.15) is 0 Å². The molecule has 0 spiro atoms. The van der Waals surface area contributed by atoms with Crippen LogP contribution in [-0.4, -0.2) is 32.7 Å². The number of thioether (sulfide) groups is 1. The topological polar surface area (TPSA) is 112 Å². The van der Waals surface area contributed by atoms with Crippen LogP contribution >= 0.6 is 23.1 Å². The van der Waals surface area contributed by atoms with Crippen molar-refractivity contribution < 1.29 is 14.3 Å². The van der Waals surface area contributed by atoms with E-state index in [2.05, 4.69) is 9.98 Å². The van der Waals surface area contributed by atoms with Crippen molar-refractivity contribution in [3.05, 3.63) is 53.1 Å². The van der Waals surface area contributed by atoms with E-state index in [0.717, 1.165) is 4.21 Å². The Labute approximate surface area is 183 Å². The minimum absolute atomic E-state index is 0.141. The number of halogens is 1. The summed E-state index contributed by atoms with van der Waals surface area (Å²) < 4.78 is 14.6. The summed E-state index contributed by atoms with van der Waals surface area (Å²) in [5, 5.41) is 17.9. The lowest BCUT2D eigenvalue weighted by atomic mass is 9.99. The smallest absolute Gasteiger partial charge is 0.355 e. The molecule has 2 aromatic rings. The lowest BCUT2D eigenvalue weighted by Gasteiger charge is -2.10. The Morgan fingerprint density at radius 1 is 1.40 bits per heavy atom. The highest BCUT2D eigenvalue weighted by Crippen LogP contribution is 2.37. The first-order chi connectivity index (χ1) is 14.1. The van der Waals surface area contributed by atoms with Gasteiger partial charge in [-0.3, -0.25) is 0 Å². The number of nitrogens with one attached hydrogen (secondary N) is 1. The van der Waals surface area contributed by atoms with Gasteiger partial charge in [0.1, 0.15) is 5.82 Å². The normalized spacial score (nSPS) is 13.1. The highest BCUT2D eigenvalue weighted by atomic mass is 32.2. The first kappa shape index (κ1) is 23.5. The van der Waals surface area contributed by atoms with Crippen LogP contribution < -0.4 is 5.73 Å². The number of benzene rings is 1. The average Bonchev–Trinajstić information content (AvgIpc) is 2.99. The van der Waals surface area contributed by atoms with E-state index in [1.807, 2.05) is 13.8 Å². The molecule has 4 N–H and O–H groups in total. The van der Waals surface area contributed by atoms with Crippen molar-refractivity contribution in [2.45, 2.75) is 37.2 Å². The van der Waals surface area contributed by atoms with Crippen molar-refractivity contribution in [3.63, 3.8) is 0 Å². The van der Waals surface area contributed by atoms with E-state index in [1.54, 1.807) is 43.8 Å². The van der Waals surface area contributed by atoms with Gasteiger partial charge in [-0.05, 0) is 43.7 Å². The summed E-state index contributed by atoms with van der Waals surface area (Å²) >= 11 is 2.83. The highest BCUT2D eigenvalue weighted by molar-refractivity contribution is 8.01. The van der Waals surface area contributed by atoms with E-state index in [1.165, 1.54) is 29.5 Å². The van der Waals surface area contributed by atoms with Crippen molar-refractivity contribution in [2.75, 3.05) is 0 Å². The lowest BCUT2D eigenvalue weighted by molar-refractivity contribution is -0.129. The summed E-state index contributed by atoms with van der Waals surface area (Å²) in [5.74, 6) is -1.80. The van der Waals surface area contributed by atoms with Gasteiger partial charge in [-0.25, -0.2) is 19.2 Å². The average molecular weight is 447 g/mol. The van der Waals surface area contributed by atoms with Crippen molar-refractivity contribution in [1.82, 2.24) is 4.98 Å². The fourth-order valence-electron chi connectivity index (χ4n) is 2.46. The SMILES string of the molecule is CC(=N)/C=C/c1nc(N=C(C(=O)O)C(=C(C)N)c2cccc(F)c2)sc1SC(C)C. The van der Waals surface area contributed by atoms with Crippen LogP contribution in [0.15, 0.2) is 45.2 Å². The molecular weight excluding hydrogens is 423 g/mol. The van der Waals surface area contributed by atoms with Crippen LogP contribution in [0, 0.1) is 11.2 Å². The number of nitrogens with zero attached hydrogens (tertiary/aromatic N) is 2. The molecule has 0 aliphatic rings. The number of nitrogens with two attached hydrogens (primary N) is 1. The summed E-state index contributed by atoms with van der Waals surface area (Å²) in [4.78, 5) is 20.7. The van der Waals surface area contributed by atoms with Crippen molar-refractivity contribution in [1.29, 1.82) is 5.41 Å². The van der Waals surface area contributed by atoms with Gasteiger partial charge in [-0.1, -0.05) is 37.3 Å². The quantitative estimate of drug-likeness (QED) is 0.372. The van der Waals surface area contributed by atoms with Gasteiger partial charge in [0.2, 0.25) is 5.13 Å². The monoisotopic (exact) mass is 446 g/mol. The number of aromatic nitrogens is 1. The molecule has 1 aromatic heterocycles. The molecule has 6 nitrogen and oxygen atoms in total. The maximum Gasteiger partial charge on any atom is 0.355 e. The standard InChI is InChI=1S/C21H23FN4O2S2/c1-11(2)29-20-16(9-8-12(3)23)25-21(30-20)26-18(19(27)28)17(13(4)24)14-6-5-7-15(22)10-14/h5-11,23H,24H2,1-4H3,(H,27,28)/b9-8+,17-13?,23-12?,26-18?. The molecule has 0 saturated carbocycles. The molecule has 0 unspecified atom stereocenters. The molecule has 0 bridgehead atoms. The summed E-state index contributed by atoms with van der Waals surface area (Å²) in [7, 11) is 0. The fraction of sp³-hybridized carbons (Fsp3) is 0.238. The predicted molar refractivity (Wildman–Crippen MR) is 123 cm³/mol. The second kappa shape index (κ2) is 10.3. The Morgan fingerprint density at radius 2 is 2.10 bits per heavy atom. The molecule has 0 saturated heterocycles. The minimum atomic E-state index is -1.29. The number of aliphatic carboxylic acids is 1. The molecule has 0 atom stereocenters. The Bertz CT molecular complexity index is 1050. The molecule has 0 amide bonds. The first-order valence-electron chi connectivity index (χ1n) is 9.03. The Balaban J connectivity index is 2.62. The summed E-state index contributed by atoms with van der Waals surface area (Å²) in [6, 6.07) is 5.55. The van der Waals surface area contributed by atoms with Crippen LogP contribution in [0.25, 0.3) is 11.6 Å². The van der Waals surface area contributed by atoms with Gasteiger partial charge in [-0.15, -0.1) is 11.8 Å². The third-order valence-electron chi connectivity index (χ3n) is 3.60. The van der Waals surface area contributed by atoms with Crippen LogP contribution in [-0.2, 0) is 4.79 Å². The second-order valence-corrected chi connectivity index (χ2v) is 9.51. The summed E-state index contributed by atoms with van der Waals surface area (Å²) in [6.07, 6.45) is 3.33. The van der Waals surface area contributed by atoms with Gasteiger partial charge in [0.15, 0.2) is 5.71 Å². The third kappa shape index (κ3) is 6.36. The number of rotatable bonds is 8. The molecule has 2 rings (SSSR count). The minimum Gasteiger partial charge on any atom is -0.476 e. The zero-order valence-corrected chi connectivity index (χ0v) is 18.7. The number of aliphatic imine (C=N–C) groups is 1. The lowest BCUT2D eigenvalue weighted by Crippen LogP contribution is -2.18. The third-order valence-corrected chi connectivity index (χ3v) is 5.79. The molecular formula is C21H23FN4O2S2. The van der Waals surface area contributed by atoms with Gasteiger partial charge < -0.3 is 16.2 Å². The summed E-state index contributed by atoms with van der Waals surface area (Å²) in [5.41, 5.74) is 7.30. The number of carboxylic acids is 1. The van der Waals surface area contributed by atoms with E-state index in [0.29, 0.717) is 17.0 Å². The maximum atomic E-state index is 13.7. The molecule has 1 aromatic carbocycles. The number of allylic oxidation sites excluding steroid dienone is 2. The van der Waals surface area contributed by atoms with Crippen LogP contribution in [0.1, 0.15) is 39.0 Å². The van der Waals surface area contributed by atoms with E-state index in [4.69, 9.17) is 11.1 Å².